The first-order valence-corrected chi connectivity index (χ1v) is 9.22. The van der Waals surface area contributed by atoms with Crippen molar-refractivity contribution in [3.63, 3.8) is 0 Å². The van der Waals surface area contributed by atoms with Crippen molar-refractivity contribution in [1.29, 1.82) is 0 Å². The molecule has 1 fully saturated rings. The Labute approximate surface area is 173 Å². The molecule has 6 nitrogen and oxygen atoms in total. The van der Waals surface area contributed by atoms with E-state index in [1.807, 2.05) is 30.1 Å². The number of aryl methyl sites for hydroxylation is 1. The van der Waals surface area contributed by atoms with Crippen LogP contribution in [0.4, 0.5) is 0 Å². The van der Waals surface area contributed by atoms with Crippen LogP contribution in [0.5, 0.6) is 0 Å². The number of likely N-dealkylation sites (tertiary alicyclic amines) is 1. The maximum Gasteiger partial charge on any atom is 0.194 e. The van der Waals surface area contributed by atoms with Crippen molar-refractivity contribution in [2.24, 2.45) is 12.0 Å². The minimum Gasteiger partial charge on any atom is -0.469 e. The molecule has 2 atom stereocenters. The highest BCUT2D eigenvalue weighted by Crippen LogP contribution is 2.26. The van der Waals surface area contributed by atoms with Gasteiger partial charge in [0, 0.05) is 51.3 Å². The minimum absolute atomic E-state index is 0. The van der Waals surface area contributed by atoms with Gasteiger partial charge in [0.15, 0.2) is 5.96 Å². The molecule has 3 rings (SSSR count). The Morgan fingerprint density at radius 1 is 1.50 bits per heavy atom. The van der Waals surface area contributed by atoms with E-state index in [0.717, 1.165) is 50.6 Å². The number of nitrogens with one attached hydrogen (secondary N) is 1. The van der Waals surface area contributed by atoms with E-state index in [0.29, 0.717) is 12.0 Å². The van der Waals surface area contributed by atoms with Crippen molar-refractivity contribution in [3.05, 3.63) is 42.1 Å². The van der Waals surface area contributed by atoms with E-state index < -0.39 is 0 Å². The zero-order valence-electron chi connectivity index (χ0n) is 15.9. The first-order valence-electron chi connectivity index (χ1n) is 9.22. The smallest absolute Gasteiger partial charge is 0.194 e. The monoisotopic (exact) mass is 471 g/mol. The standard InChI is InChI=1S/C19H29N5O.HI/c1-4-15(2)22-19(20-9-7-18-6-5-11-25-18)24-10-8-16(14-24)17-12-21-23(3)13-17;/h5-6,11-13,15-16H,4,7-10,14H2,1-3H3,(H,20,22);1H. The highest BCUT2D eigenvalue weighted by Gasteiger charge is 2.27. The van der Waals surface area contributed by atoms with Crippen LogP contribution in [0, 0.1) is 0 Å². The number of aromatic nitrogens is 2. The first kappa shape index (κ1) is 20.8. The van der Waals surface area contributed by atoms with Gasteiger partial charge in [-0.2, -0.15) is 5.10 Å². The number of furan rings is 1. The molecular weight excluding hydrogens is 441 g/mol. The number of aliphatic imine (C=N–C) groups is 1. The lowest BCUT2D eigenvalue weighted by Gasteiger charge is -2.25. The van der Waals surface area contributed by atoms with Crippen LogP contribution in [0.1, 0.15) is 43.9 Å². The summed E-state index contributed by atoms with van der Waals surface area (Å²) >= 11 is 0. The zero-order chi connectivity index (χ0) is 17.6. The van der Waals surface area contributed by atoms with Crippen molar-refractivity contribution in [2.75, 3.05) is 19.6 Å². The third-order valence-electron chi connectivity index (χ3n) is 4.87. The molecule has 1 aliphatic heterocycles. The topological polar surface area (TPSA) is 58.6 Å². The number of hydrogen-bond donors (Lipinski definition) is 1. The number of guanidine groups is 1. The molecule has 0 bridgehead atoms. The largest absolute Gasteiger partial charge is 0.469 e. The molecule has 1 saturated heterocycles. The van der Waals surface area contributed by atoms with E-state index in [9.17, 15) is 0 Å². The Hall–Kier alpha value is -1.51. The average Bonchev–Trinajstić information content (AvgIpc) is 3.35. The van der Waals surface area contributed by atoms with Crippen LogP contribution < -0.4 is 5.32 Å². The summed E-state index contributed by atoms with van der Waals surface area (Å²) in [5, 5.41) is 7.90. The SMILES string of the molecule is CCC(C)NC(=NCCc1ccco1)N1CCC(c2cnn(C)c2)C1.I. The van der Waals surface area contributed by atoms with E-state index >= 15 is 0 Å². The summed E-state index contributed by atoms with van der Waals surface area (Å²) in [6, 6.07) is 4.35. The Morgan fingerprint density at radius 2 is 2.35 bits per heavy atom. The van der Waals surface area contributed by atoms with Gasteiger partial charge in [0.25, 0.3) is 0 Å². The Kier molecular flexibility index (Phi) is 7.99. The highest BCUT2D eigenvalue weighted by atomic mass is 127. The second kappa shape index (κ2) is 9.99. The molecule has 26 heavy (non-hydrogen) atoms. The summed E-state index contributed by atoms with van der Waals surface area (Å²) in [7, 11) is 1.97. The van der Waals surface area contributed by atoms with E-state index in [-0.39, 0.29) is 24.0 Å². The van der Waals surface area contributed by atoms with Crippen molar-refractivity contribution in [1.82, 2.24) is 20.0 Å². The molecular formula is C19H30IN5O. The highest BCUT2D eigenvalue weighted by molar-refractivity contribution is 14.0. The summed E-state index contributed by atoms with van der Waals surface area (Å²) in [6.07, 6.45) is 8.89. The number of halogens is 1. The molecule has 0 aromatic carbocycles. The summed E-state index contributed by atoms with van der Waals surface area (Å²) in [6.45, 7) is 7.16. The summed E-state index contributed by atoms with van der Waals surface area (Å²) in [5.41, 5.74) is 1.32. The molecule has 2 aromatic rings. The molecule has 0 spiro atoms. The zero-order valence-corrected chi connectivity index (χ0v) is 18.2. The average molecular weight is 471 g/mol. The molecule has 144 valence electrons. The maximum absolute atomic E-state index is 5.41. The molecule has 3 heterocycles. The molecule has 1 aliphatic rings. The molecule has 0 amide bonds. The Bertz CT molecular complexity index is 682. The van der Waals surface area contributed by atoms with Gasteiger partial charge in [-0.25, -0.2) is 0 Å². The fraction of sp³-hybridized carbons (Fsp3) is 0.579. The fourth-order valence-electron chi connectivity index (χ4n) is 3.16. The predicted octanol–water partition coefficient (Wildman–Crippen LogP) is 3.41. The number of nitrogens with zero attached hydrogens (tertiary/aromatic N) is 4. The second-order valence-electron chi connectivity index (χ2n) is 6.87. The van der Waals surface area contributed by atoms with E-state index in [4.69, 9.17) is 9.41 Å². The molecule has 7 heteroatoms. The summed E-state index contributed by atoms with van der Waals surface area (Å²) < 4.78 is 7.29. The van der Waals surface area contributed by atoms with Gasteiger partial charge in [0.1, 0.15) is 5.76 Å². The summed E-state index contributed by atoms with van der Waals surface area (Å²) in [4.78, 5) is 7.23. The minimum atomic E-state index is 0. The van der Waals surface area contributed by atoms with Gasteiger partial charge in [0.2, 0.25) is 0 Å². The lowest BCUT2D eigenvalue weighted by Crippen LogP contribution is -2.44. The van der Waals surface area contributed by atoms with Gasteiger partial charge in [-0.05, 0) is 37.5 Å². The number of rotatable bonds is 6. The van der Waals surface area contributed by atoms with Crippen molar-refractivity contribution in [2.45, 2.75) is 45.1 Å². The lowest BCUT2D eigenvalue weighted by atomic mass is 10.0. The second-order valence-corrected chi connectivity index (χ2v) is 6.87. The van der Waals surface area contributed by atoms with Gasteiger partial charge in [-0.3, -0.25) is 9.67 Å². The Balaban J connectivity index is 0.00000243. The van der Waals surface area contributed by atoms with Crippen LogP contribution in [-0.4, -0.2) is 46.3 Å². The molecule has 0 aliphatic carbocycles. The first-order chi connectivity index (χ1) is 12.2. The van der Waals surface area contributed by atoms with Crippen LogP contribution in [0.25, 0.3) is 0 Å². The predicted molar refractivity (Wildman–Crippen MR) is 115 cm³/mol. The number of hydrogen-bond acceptors (Lipinski definition) is 3. The van der Waals surface area contributed by atoms with Crippen molar-refractivity contribution >= 4 is 29.9 Å². The third-order valence-corrected chi connectivity index (χ3v) is 4.87. The van der Waals surface area contributed by atoms with Crippen molar-refractivity contribution < 1.29 is 4.42 Å². The van der Waals surface area contributed by atoms with E-state index in [2.05, 4.69) is 35.4 Å². The lowest BCUT2D eigenvalue weighted by molar-refractivity contribution is 0.465. The van der Waals surface area contributed by atoms with Crippen LogP contribution in [-0.2, 0) is 13.5 Å². The van der Waals surface area contributed by atoms with E-state index in [1.165, 1.54) is 5.56 Å². The molecule has 2 aromatic heterocycles. The molecule has 0 radical (unpaired) electrons. The van der Waals surface area contributed by atoms with Gasteiger partial charge >= 0.3 is 0 Å². The normalized spacial score (nSPS) is 18.7. The maximum atomic E-state index is 5.41. The van der Waals surface area contributed by atoms with Gasteiger partial charge < -0.3 is 14.6 Å². The van der Waals surface area contributed by atoms with Crippen LogP contribution >= 0.6 is 24.0 Å². The Morgan fingerprint density at radius 3 is 3.00 bits per heavy atom. The molecule has 0 saturated carbocycles. The summed E-state index contributed by atoms with van der Waals surface area (Å²) in [5.74, 6) is 2.54. The van der Waals surface area contributed by atoms with E-state index in [1.54, 1.807) is 6.26 Å². The molecule has 1 N–H and O–H groups in total. The van der Waals surface area contributed by atoms with Crippen molar-refractivity contribution in [3.8, 4) is 0 Å². The molecule has 2 unspecified atom stereocenters. The van der Waals surface area contributed by atoms with Crippen LogP contribution in [0.15, 0.2) is 40.2 Å². The third kappa shape index (κ3) is 5.49. The van der Waals surface area contributed by atoms with Crippen LogP contribution in [0.2, 0.25) is 0 Å². The van der Waals surface area contributed by atoms with Crippen LogP contribution in [0.3, 0.4) is 0 Å². The van der Waals surface area contributed by atoms with Gasteiger partial charge in [-0.1, -0.05) is 6.92 Å². The fourth-order valence-corrected chi connectivity index (χ4v) is 3.16. The van der Waals surface area contributed by atoms with Gasteiger partial charge in [0.05, 0.1) is 12.5 Å². The van der Waals surface area contributed by atoms with Gasteiger partial charge in [-0.15, -0.1) is 24.0 Å². The quantitative estimate of drug-likeness (QED) is 0.399.